The Morgan fingerprint density at radius 3 is 1.06 bits per heavy atom. The summed E-state index contributed by atoms with van der Waals surface area (Å²) in [5, 5.41) is 27.5. The number of hydrogen-bond acceptors (Lipinski definition) is 6. The van der Waals surface area contributed by atoms with E-state index in [9.17, 15) is 38.5 Å². The third kappa shape index (κ3) is 17.2. The topological polar surface area (TPSA) is 244 Å². The zero-order valence-electron chi connectivity index (χ0n) is 30.5. The van der Waals surface area contributed by atoms with Crippen molar-refractivity contribution in [2.24, 2.45) is 22.2 Å². The van der Waals surface area contributed by atoms with E-state index in [0.717, 1.165) is 19.3 Å². The smallest absolute Gasteiger partial charge is 0.324 e. The first kappa shape index (κ1) is 49.0. The standard InChI is InChI=1S/C12H22NO3P.C11H22NO3P.C10H20NO3P/c1-3-12(4-2,9-13)8-11(17(14,15)16)7-10-5-6-10;1-4-7-10(16(13,14)15)8-11(5-2,6-3)9-12;1-4-9(15(12,13)14)7-10(5-2,6-3)8-11/h10-11H,3-8H2,1-2H3,(H2,14,15,16);10H,4-8H2,1-3H3,(H2,13,14,15);9H,4-7H2,1-3H3,(H2,12,13,14). The molecule has 1 aliphatic carbocycles. The summed E-state index contributed by atoms with van der Waals surface area (Å²) in [4.78, 5) is 55.6. The SMILES string of the molecule is CCC(C#N)(CC)CC(CC1CC1)P(=O)(O)O.CCC(CC(C#N)(CC)CC)P(=O)(O)O.CCCC(CC(C#N)(CC)CC)P(=O)(O)O. The molecule has 0 saturated heterocycles. The highest BCUT2D eigenvalue weighted by molar-refractivity contribution is 7.53. The van der Waals surface area contributed by atoms with Crippen LogP contribution >= 0.6 is 22.8 Å². The van der Waals surface area contributed by atoms with E-state index >= 15 is 0 Å². The fourth-order valence-corrected chi connectivity index (χ4v) is 9.29. The lowest BCUT2D eigenvalue weighted by Crippen LogP contribution is -2.24. The van der Waals surface area contributed by atoms with Crippen molar-refractivity contribution in [3.05, 3.63) is 0 Å². The van der Waals surface area contributed by atoms with Gasteiger partial charge in [-0.2, -0.15) is 15.8 Å². The van der Waals surface area contributed by atoms with E-state index in [4.69, 9.17) is 20.3 Å². The molecule has 0 aromatic carbocycles. The summed E-state index contributed by atoms with van der Waals surface area (Å²) in [5.41, 5.74) is -3.72. The van der Waals surface area contributed by atoms with Gasteiger partial charge in [-0.1, -0.05) is 74.7 Å². The van der Waals surface area contributed by atoms with Crippen LogP contribution in [0.4, 0.5) is 0 Å². The van der Waals surface area contributed by atoms with Crippen molar-refractivity contribution in [3.63, 3.8) is 0 Å². The van der Waals surface area contributed by atoms with Gasteiger partial charge in [0.25, 0.3) is 0 Å². The maximum Gasteiger partial charge on any atom is 0.328 e. The van der Waals surface area contributed by atoms with E-state index in [0.29, 0.717) is 76.5 Å². The van der Waals surface area contributed by atoms with Gasteiger partial charge in [-0.15, -0.1) is 0 Å². The van der Waals surface area contributed by atoms with Crippen LogP contribution in [-0.2, 0) is 13.7 Å². The van der Waals surface area contributed by atoms with E-state index in [-0.39, 0.29) is 6.42 Å². The molecule has 3 atom stereocenters. The second-order valence-corrected chi connectivity index (χ2v) is 19.2. The van der Waals surface area contributed by atoms with Gasteiger partial charge in [0, 0.05) is 0 Å². The lowest BCUT2D eigenvalue weighted by atomic mass is 9.79. The van der Waals surface area contributed by atoms with Gasteiger partial charge in [0.1, 0.15) is 0 Å². The van der Waals surface area contributed by atoms with Gasteiger partial charge >= 0.3 is 22.8 Å². The van der Waals surface area contributed by atoms with E-state index < -0.39 is 56.0 Å². The summed E-state index contributed by atoms with van der Waals surface area (Å²) in [6.07, 6.45) is 9.13. The van der Waals surface area contributed by atoms with Crippen LogP contribution in [0.5, 0.6) is 0 Å². The highest BCUT2D eigenvalue weighted by Crippen LogP contribution is 2.53. The van der Waals surface area contributed by atoms with Crippen molar-refractivity contribution in [2.45, 2.75) is 169 Å². The van der Waals surface area contributed by atoms with Crippen molar-refractivity contribution in [1.82, 2.24) is 0 Å². The van der Waals surface area contributed by atoms with Gasteiger partial charge in [0.05, 0.1) is 51.4 Å². The van der Waals surface area contributed by atoms with Crippen LogP contribution in [0.1, 0.15) is 152 Å². The average molecular weight is 740 g/mol. The Morgan fingerprint density at radius 2 is 0.854 bits per heavy atom. The Hall–Kier alpha value is -1.08. The second-order valence-electron chi connectivity index (χ2n) is 13.5. The van der Waals surface area contributed by atoms with Gasteiger partial charge in [-0.3, -0.25) is 13.7 Å². The lowest BCUT2D eigenvalue weighted by molar-refractivity contribution is 0.286. The van der Waals surface area contributed by atoms with Crippen LogP contribution in [-0.4, -0.2) is 46.3 Å². The minimum Gasteiger partial charge on any atom is -0.324 e. The average Bonchev–Trinajstić information content (AvgIpc) is 3.86. The molecule has 0 radical (unpaired) electrons. The predicted molar refractivity (Wildman–Crippen MR) is 190 cm³/mol. The molecule has 1 saturated carbocycles. The molecule has 280 valence electrons. The Labute approximate surface area is 290 Å². The maximum absolute atomic E-state index is 11.5. The first-order valence-electron chi connectivity index (χ1n) is 17.5. The van der Waals surface area contributed by atoms with Crippen LogP contribution in [0.15, 0.2) is 0 Å². The molecular weight excluding hydrogens is 675 g/mol. The summed E-state index contributed by atoms with van der Waals surface area (Å²) >= 11 is 0. The summed E-state index contributed by atoms with van der Waals surface area (Å²) < 4.78 is 34.0. The van der Waals surface area contributed by atoms with Crippen LogP contribution < -0.4 is 0 Å². The minimum atomic E-state index is -4.08. The van der Waals surface area contributed by atoms with Gasteiger partial charge in [-0.25, -0.2) is 0 Å². The Morgan fingerprint density at radius 1 is 0.562 bits per heavy atom. The van der Waals surface area contributed by atoms with Crippen molar-refractivity contribution in [1.29, 1.82) is 15.8 Å². The van der Waals surface area contributed by atoms with E-state index in [2.05, 4.69) is 18.2 Å². The van der Waals surface area contributed by atoms with Crippen LogP contribution in [0, 0.1) is 56.2 Å². The molecule has 0 bridgehead atoms. The quantitative estimate of drug-likeness (QED) is 0.0642. The molecule has 0 heterocycles. The molecule has 0 amide bonds. The molecule has 1 aliphatic rings. The highest BCUT2D eigenvalue weighted by atomic mass is 31.2. The van der Waals surface area contributed by atoms with Gasteiger partial charge < -0.3 is 29.4 Å². The number of hydrogen-bond donors (Lipinski definition) is 6. The summed E-state index contributed by atoms with van der Waals surface area (Å²) in [6.45, 7) is 15.1. The van der Waals surface area contributed by atoms with Gasteiger partial charge in [0.15, 0.2) is 0 Å². The van der Waals surface area contributed by atoms with E-state index in [1.54, 1.807) is 6.92 Å². The van der Waals surface area contributed by atoms with Crippen LogP contribution in [0.2, 0.25) is 0 Å². The van der Waals surface area contributed by atoms with E-state index in [1.165, 1.54) is 0 Å². The maximum atomic E-state index is 11.5. The molecule has 0 aliphatic heterocycles. The van der Waals surface area contributed by atoms with Crippen molar-refractivity contribution in [3.8, 4) is 18.2 Å². The van der Waals surface area contributed by atoms with Gasteiger partial charge in [0.2, 0.25) is 0 Å². The Bertz CT molecular complexity index is 1190. The minimum absolute atomic E-state index is 0.289. The third-order valence-electron chi connectivity index (χ3n) is 10.5. The molecule has 12 nitrogen and oxygen atoms in total. The van der Waals surface area contributed by atoms with Crippen molar-refractivity contribution < 1.29 is 43.1 Å². The third-order valence-corrected chi connectivity index (χ3v) is 14.7. The summed E-state index contributed by atoms with van der Waals surface area (Å²) in [6, 6.07) is 6.71. The largest absolute Gasteiger partial charge is 0.328 e. The molecular formula is C33H64N3O9P3. The van der Waals surface area contributed by atoms with Crippen molar-refractivity contribution in [2.75, 3.05) is 0 Å². The monoisotopic (exact) mass is 739 g/mol. The molecule has 1 rings (SSSR count). The first-order chi connectivity index (χ1) is 22.1. The molecule has 0 spiro atoms. The fourth-order valence-electron chi connectivity index (χ4n) is 5.88. The number of nitriles is 3. The zero-order valence-corrected chi connectivity index (χ0v) is 33.2. The molecule has 48 heavy (non-hydrogen) atoms. The fraction of sp³-hybridized carbons (Fsp3) is 0.909. The second kappa shape index (κ2) is 22.0. The lowest BCUT2D eigenvalue weighted by Gasteiger charge is -2.29. The summed E-state index contributed by atoms with van der Waals surface area (Å²) in [7, 11) is -12.2. The van der Waals surface area contributed by atoms with E-state index in [1.807, 2.05) is 48.5 Å². The molecule has 3 unspecified atom stereocenters. The molecule has 0 aromatic rings. The Kier molecular flexibility index (Phi) is 22.5. The molecule has 6 N–H and O–H groups in total. The summed E-state index contributed by atoms with van der Waals surface area (Å²) in [5.74, 6) is 0.470. The number of rotatable bonds is 20. The first-order valence-corrected chi connectivity index (χ1v) is 22.5. The van der Waals surface area contributed by atoms with Crippen molar-refractivity contribution >= 4 is 22.8 Å². The number of nitrogens with zero attached hydrogens (tertiary/aromatic N) is 3. The highest BCUT2D eigenvalue weighted by Gasteiger charge is 2.41. The predicted octanol–water partition coefficient (Wildman–Crippen LogP) is 8.77. The molecule has 15 heteroatoms. The van der Waals surface area contributed by atoms with Crippen LogP contribution in [0.25, 0.3) is 0 Å². The van der Waals surface area contributed by atoms with Crippen LogP contribution in [0.3, 0.4) is 0 Å². The molecule has 1 fully saturated rings. The molecule has 0 aromatic heterocycles. The Balaban J connectivity index is 0. The zero-order chi connectivity index (χ0) is 38.0. The van der Waals surface area contributed by atoms with Gasteiger partial charge in [-0.05, 0) is 83.0 Å². The normalized spacial score (nSPS) is 16.1.